The van der Waals surface area contributed by atoms with Crippen molar-refractivity contribution in [2.75, 3.05) is 20.1 Å². The number of nitrogens with one attached hydrogen (secondary N) is 1. The summed E-state index contributed by atoms with van der Waals surface area (Å²) in [7, 11) is -1.85. The maximum absolute atomic E-state index is 13.8. The first-order valence-electron chi connectivity index (χ1n) is 6.94. The highest BCUT2D eigenvalue weighted by molar-refractivity contribution is 7.89. The summed E-state index contributed by atoms with van der Waals surface area (Å²) in [4.78, 5) is 1.97. The topological polar surface area (TPSA) is 69.6 Å². The van der Waals surface area contributed by atoms with E-state index < -0.39 is 22.4 Å². The molecule has 7 heteroatoms. The summed E-state index contributed by atoms with van der Waals surface area (Å²) in [5.74, 6) is -0.623. The molecule has 21 heavy (non-hydrogen) atoms. The molecule has 0 spiro atoms. The van der Waals surface area contributed by atoms with Crippen molar-refractivity contribution in [3.8, 4) is 0 Å². The van der Waals surface area contributed by atoms with E-state index in [1.807, 2.05) is 7.05 Å². The number of hydrogen-bond acceptors (Lipinski definition) is 4. The van der Waals surface area contributed by atoms with Crippen LogP contribution in [0.4, 0.5) is 4.39 Å². The number of aliphatic hydroxyl groups is 1. The zero-order valence-electron chi connectivity index (χ0n) is 12.3. The molecule has 1 saturated heterocycles. The Morgan fingerprint density at radius 1 is 1.48 bits per heavy atom. The summed E-state index contributed by atoms with van der Waals surface area (Å²) in [5, 5.41) is 9.11. The Balaban J connectivity index is 2.29. The summed E-state index contributed by atoms with van der Waals surface area (Å²) < 4.78 is 41.4. The lowest BCUT2D eigenvalue weighted by Crippen LogP contribution is -2.46. The number of piperidine rings is 1. The second-order valence-electron chi connectivity index (χ2n) is 5.58. The Bertz CT molecular complexity index is 619. The van der Waals surface area contributed by atoms with Gasteiger partial charge in [0.25, 0.3) is 0 Å². The van der Waals surface area contributed by atoms with Crippen molar-refractivity contribution in [2.45, 2.75) is 37.3 Å². The molecule has 1 aromatic carbocycles. The molecular formula is C14H21FN2O3S. The van der Waals surface area contributed by atoms with Crippen LogP contribution in [0.5, 0.6) is 0 Å². The van der Waals surface area contributed by atoms with E-state index in [4.69, 9.17) is 5.11 Å². The van der Waals surface area contributed by atoms with Crippen molar-refractivity contribution in [3.63, 3.8) is 0 Å². The molecule has 2 rings (SSSR count). The van der Waals surface area contributed by atoms with Crippen LogP contribution in [0.2, 0.25) is 0 Å². The second-order valence-corrected chi connectivity index (χ2v) is 7.26. The molecule has 1 heterocycles. The molecule has 0 aromatic heterocycles. The number of halogens is 1. The van der Waals surface area contributed by atoms with Crippen LogP contribution in [0.15, 0.2) is 17.0 Å². The largest absolute Gasteiger partial charge is 0.392 e. The first kappa shape index (κ1) is 16.4. The van der Waals surface area contributed by atoms with Gasteiger partial charge in [-0.3, -0.25) is 0 Å². The van der Waals surface area contributed by atoms with Gasteiger partial charge in [0.1, 0.15) is 5.82 Å². The Labute approximate surface area is 124 Å². The number of likely N-dealkylation sites (tertiary alicyclic amines) is 1. The third-order valence-corrected chi connectivity index (χ3v) is 5.42. The third kappa shape index (κ3) is 3.79. The van der Waals surface area contributed by atoms with Crippen LogP contribution in [0.1, 0.15) is 24.0 Å². The van der Waals surface area contributed by atoms with Crippen LogP contribution < -0.4 is 4.72 Å². The minimum Gasteiger partial charge on any atom is -0.392 e. The van der Waals surface area contributed by atoms with Crippen molar-refractivity contribution >= 4 is 10.0 Å². The van der Waals surface area contributed by atoms with Crippen molar-refractivity contribution in [1.82, 2.24) is 9.62 Å². The fourth-order valence-corrected chi connectivity index (χ4v) is 4.19. The molecule has 1 aromatic rings. The second kappa shape index (κ2) is 6.39. The van der Waals surface area contributed by atoms with Crippen molar-refractivity contribution in [3.05, 3.63) is 29.1 Å². The zero-order chi connectivity index (χ0) is 15.6. The van der Waals surface area contributed by atoms with Crippen LogP contribution in [0, 0.1) is 12.7 Å². The van der Waals surface area contributed by atoms with E-state index in [0.29, 0.717) is 6.54 Å². The van der Waals surface area contributed by atoms with Gasteiger partial charge in [-0.05, 0) is 51.1 Å². The lowest BCUT2D eigenvalue weighted by molar-refractivity contribution is 0.242. The number of rotatable bonds is 4. The molecule has 0 bridgehead atoms. The highest BCUT2D eigenvalue weighted by atomic mass is 32.2. The fraction of sp³-hybridized carbons (Fsp3) is 0.571. The number of benzene rings is 1. The van der Waals surface area contributed by atoms with Gasteiger partial charge in [0, 0.05) is 18.2 Å². The van der Waals surface area contributed by atoms with Gasteiger partial charge in [0.2, 0.25) is 10.0 Å². The number of hydrogen-bond donors (Lipinski definition) is 2. The SMILES string of the molecule is Cc1c(F)cc(CO)cc1S(=O)(=O)NC1CCCN(C)C1. The molecule has 118 valence electrons. The van der Waals surface area contributed by atoms with E-state index in [0.717, 1.165) is 25.5 Å². The van der Waals surface area contributed by atoms with Crippen LogP contribution >= 0.6 is 0 Å². The van der Waals surface area contributed by atoms with Crippen LogP contribution in [0.3, 0.4) is 0 Å². The number of nitrogens with zero attached hydrogens (tertiary/aromatic N) is 1. The van der Waals surface area contributed by atoms with E-state index >= 15 is 0 Å². The van der Waals surface area contributed by atoms with Gasteiger partial charge < -0.3 is 10.0 Å². The third-order valence-electron chi connectivity index (χ3n) is 3.77. The van der Waals surface area contributed by atoms with Gasteiger partial charge in [0.05, 0.1) is 11.5 Å². The average Bonchev–Trinajstić information content (AvgIpc) is 2.41. The number of aliphatic hydroxyl groups excluding tert-OH is 1. The fourth-order valence-electron chi connectivity index (χ4n) is 2.62. The van der Waals surface area contributed by atoms with E-state index in [9.17, 15) is 12.8 Å². The summed E-state index contributed by atoms with van der Waals surface area (Å²) in [5.41, 5.74) is 0.322. The zero-order valence-corrected chi connectivity index (χ0v) is 13.1. The van der Waals surface area contributed by atoms with E-state index in [-0.39, 0.29) is 22.1 Å². The van der Waals surface area contributed by atoms with Crippen LogP contribution in [0.25, 0.3) is 0 Å². The summed E-state index contributed by atoms with van der Waals surface area (Å²) in [6.45, 7) is 2.62. The maximum atomic E-state index is 13.8. The van der Waals surface area contributed by atoms with Crippen molar-refractivity contribution in [1.29, 1.82) is 0 Å². The van der Waals surface area contributed by atoms with Gasteiger partial charge in [-0.1, -0.05) is 0 Å². The molecule has 1 aliphatic rings. The highest BCUT2D eigenvalue weighted by Crippen LogP contribution is 2.22. The molecule has 0 amide bonds. The van der Waals surface area contributed by atoms with E-state index in [2.05, 4.69) is 9.62 Å². The molecule has 1 atom stereocenters. The van der Waals surface area contributed by atoms with E-state index in [1.165, 1.54) is 13.0 Å². The molecular weight excluding hydrogens is 295 g/mol. The Kier molecular flexibility index (Phi) is 4.98. The van der Waals surface area contributed by atoms with Gasteiger partial charge in [-0.25, -0.2) is 17.5 Å². The number of sulfonamides is 1. The van der Waals surface area contributed by atoms with Crippen LogP contribution in [-0.2, 0) is 16.6 Å². The van der Waals surface area contributed by atoms with Gasteiger partial charge >= 0.3 is 0 Å². The lowest BCUT2D eigenvalue weighted by Gasteiger charge is -2.30. The Morgan fingerprint density at radius 3 is 2.81 bits per heavy atom. The molecule has 0 aliphatic carbocycles. The Hall–Kier alpha value is -1.02. The smallest absolute Gasteiger partial charge is 0.241 e. The molecule has 0 radical (unpaired) electrons. The summed E-state index contributed by atoms with van der Waals surface area (Å²) in [6.07, 6.45) is 1.69. The predicted molar refractivity (Wildman–Crippen MR) is 77.9 cm³/mol. The highest BCUT2D eigenvalue weighted by Gasteiger charge is 2.26. The first-order valence-corrected chi connectivity index (χ1v) is 8.42. The van der Waals surface area contributed by atoms with Gasteiger partial charge in [-0.2, -0.15) is 0 Å². The first-order chi connectivity index (χ1) is 9.83. The average molecular weight is 316 g/mol. The maximum Gasteiger partial charge on any atom is 0.241 e. The summed E-state index contributed by atoms with van der Waals surface area (Å²) in [6, 6.07) is 2.31. The van der Waals surface area contributed by atoms with Crippen LogP contribution in [-0.4, -0.2) is 44.6 Å². The molecule has 0 saturated carbocycles. The van der Waals surface area contributed by atoms with Gasteiger partial charge in [-0.15, -0.1) is 0 Å². The lowest BCUT2D eigenvalue weighted by atomic mass is 10.1. The predicted octanol–water partition coefficient (Wildman–Crippen LogP) is 0.999. The minimum atomic E-state index is -3.80. The normalized spacial score (nSPS) is 20.7. The minimum absolute atomic E-state index is 0.0730. The molecule has 1 unspecified atom stereocenters. The monoisotopic (exact) mass is 316 g/mol. The van der Waals surface area contributed by atoms with Crippen molar-refractivity contribution in [2.24, 2.45) is 0 Å². The Morgan fingerprint density at radius 2 is 2.19 bits per heavy atom. The van der Waals surface area contributed by atoms with Crippen molar-refractivity contribution < 1.29 is 17.9 Å². The van der Waals surface area contributed by atoms with Gasteiger partial charge in [0.15, 0.2) is 0 Å². The quantitative estimate of drug-likeness (QED) is 0.869. The molecule has 1 aliphatic heterocycles. The molecule has 2 N–H and O–H groups in total. The molecule has 1 fully saturated rings. The molecule has 5 nitrogen and oxygen atoms in total. The standard InChI is InChI=1S/C14H21FN2O3S/c1-10-13(15)6-11(9-18)7-14(10)21(19,20)16-12-4-3-5-17(2)8-12/h6-7,12,16,18H,3-5,8-9H2,1-2H3. The number of likely N-dealkylation sites (N-methyl/N-ethyl adjacent to an activating group) is 1. The van der Waals surface area contributed by atoms with E-state index in [1.54, 1.807) is 0 Å². The summed E-state index contributed by atoms with van der Waals surface area (Å²) >= 11 is 0.